The Morgan fingerprint density at radius 2 is 1.95 bits per heavy atom. The second-order valence-corrected chi connectivity index (χ2v) is 7.73. The van der Waals surface area contributed by atoms with Crippen LogP contribution in [0.15, 0.2) is 24.3 Å². The van der Waals surface area contributed by atoms with E-state index in [1.54, 1.807) is 28.6 Å². The number of piperidine rings is 1. The molecule has 0 radical (unpaired) electrons. The molecular weight excluding hydrogens is 288 g/mol. The Morgan fingerprint density at radius 1 is 1.19 bits per heavy atom. The van der Waals surface area contributed by atoms with Crippen molar-refractivity contribution in [1.29, 1.82) is 0 Å². The number of para-hydroxylation sites is 1. The highest BCUT2D eigenvalue weighted by molar-refractivity contribution is 7.90. The van der Waals surface area contributed by atoms with Gasteiger partial charge in [-0.05, 0) is 30.9 Å². The van der Waals surface area contributed by atoms with Gasteiger partial charge in [-0.1, -0.05) is 19.1 Å². The van der Waals surface area contributed by atoms with Gasteiger partial charge in [-0.15, -0.1) is 0 Å². The second kappa shape index (κ2) is 5.42. The Hall–Kier alpha value is -1.40. The first kappa shape index (κ1) is 14.5. The first-order chi connectivity index (χ1) is 10.00. The zero-order valence-electron chi connectivity index (χ0n) is 12.2. The maximum absolute atomic E-state index is 12.9. The second-order valence-electron chi connectivity index (χ2n) is 5.88. The number of benzene rings is 1. The van der Waals surface area contributed by atoms with E-state index < -0.39 is 10.2 Å². The summed E-state index contributed by atoms with van der Waals surface area (Å²) < 4.78 is 28.8. The van der Waals surface area contributed by atoms with Crippen molar-refractivity contribution in [3.63, 3.8) is 0 Å². The van der Waals surface area contributed by atoms with E-state index in [1.165, 1.54) is 4.31 Å². The monoisotopic (exact) mass is 308 g/mol. The van der Waals surface area contributed by atoms with Crippen LogP contribution in [0.1, 0.15) is 36.5 Å². The summed E-state index contributed by atoms with van der Waals surface area (Å²) in [6, 6.07) is 6.98. The largest absolute Gasteiger partial charge is 0.304 e. The molecule has 0 aliphatic carbocycles. The molecular formula is C15H20N2O3S. The highest BCUT2D eigenvalue weighted by atomic mass is 32.2. The Balaban J connectivity index is 1.96. The molecule has 2 aliphatic rings. The van der Waals surface area contributed by atoms with Crippen molar-refractivity contribution < 1.29 is 13.2 Å². The molecule has 6 heteroatoms. The summed E-state index contributed by atoms with van der Waals surface area (Å²) in [7, 11) is -3.54. The van der Waals surface area contributed by atoms with Crippen LogP contribution < -0.4 is 4.31 Å². The number of carbonyl (C=O) groups excluding carboxylic acids is 1. The third-order valence-electron chi connectivity index (χ3n) is 4.24. The maximum atomic E-state index is 12.9. The van der Waals surface area contributed by atoms with E-state index in [-0.39, 0.29) is 18.7 Å². The highest BCUT2D eigenvalue weighted by Gasteiger charge is 2.36. The van der Waals surface area contributed by atoms with E-state index in [1.807, 2.05) is 0 Å². The van der Waals surface area contributed by atoms with Crippen molar-refractivity contribution in [3.05, 3.63) is 29.8 Å². The van der Waals surface area contributed by atoms with Gasteiger partial charge in [0, 0.05) is 31.6 Å². The number of anilines is 1. The summed E-state index contributed by atoms with van der Waals surface area (Å²) in [5.74, 6) is 0.402. The SMILES string of the molecule is CC1CCCN(S(=O)(=O)N2CCC(=O)c3ccccc32)C1. The Kier molecular flexibility index (Phi) is 3.75. The lowest BCUT2D eigenvalue weighted by Crippen LogP contribution is -2.49. The number of hydrogen-bond acceptors (Lipinski definition) is 3. The smallest absolute Gasteiger partial charge is 0.294 e. The average molecular weight is 308 g/mol. The number of carbonyl (C=O) groups is 1. The van der Waals surface area contributed by atoms with Gasteiger partial charge in [0.05, 0.1) is 5.69 Å². The zero-order valence-corrected chi connectivity index (χ0v) is 13.0. The third-order valence-corrected chi connectivity index (χ3v) is 6.16. The lowest BCUT2D eigenvalue weighted by atomic mass is 10.0. The summed E-state index contributed by atoms with van der Waals surface area (Å²) in [5.41, 5.74) is 1.03. The molecule has 0 saturated carbocycles. The van der Waals surface area contributed by atoms with Gasteiger partial charge in [-0.25, -0.2) is 0 Å². The van der Waals surface area contributed by atoms with Crippen molar-refractivity contribution in [1.82, 2.24) is 4.31 Å². The molecule has 0 bridgehead atoms. The predicted molar refractivity (Wildman–Crippen MR) is 81.6 cm³/mol. The summed E-state index contributed by atoms with van der Waals surface area (Å²) in [5, 5.41) is 0. The van der Waals surface area contributed by atoms with Gasteiger partial charge in [-0.3, -0.25) is 9.10 Å². The predicted octanol–water partition coefficient (Wildman–Crippen LogP) is 2.06. The van der Waals surface area contributed by atoms with Crippen LogP contribution in [0.4, 0.5) is 5.69 Å². The number of rotatable bonds is 2. The molecule has 114 valence electrons. The molecule has 0 amide bonds. The molecule has 1 unspecified atom stereocenters. The first-order valence-corrected chi connectivity index (χ1v) is 8.80. The number of nitrogens with zero attached hydrogens (tertiary/aromatic N) is 2. The van der Waals surface area contributed by atoms with E-state index in [4.69, 9.17) is 0 Å². The minimum absolute atomic E-state index is 0.0177. The van der Waals surface area contributed by atoms with Crippen LogP contribution in [0.5, 0.6) is 0 Å². The van der Waals surface area contributed by atoms with Crippen LogP contribution in [0.2, 0.25) is 0 Å². The standard InChI is InChI=1S/C15H20N2O3S/c1-12-5-4-9-16(11-12)21(19,20)17-10-8-15(18)13-6-2-3-7-14(13)17/h2-3,6-7,12H,4-5,8-11H2,1H3. The van der Waals surface area contributed by atoms with E-state index in [0.29, 0.717) is 30.3 Å². The molecule has 1 aromatic rings. The minimum Gasteiger partial charge on any atom is -0.294 e. The molecule has 1 atom stereocenters. The lowest BCUT2D eigenvalue weighted by Gasteiger charge is -2.37. The lowest BCUT2D eigenvalue weighted by molar-refractivity contribution is 0.0982. The van der Waals surface area contributed by atoms with E-state index in [9.17, 15) is 13.2 Å². The van der Waals surface area contributed by atoms with Crippen molar-refractivity contribution in [3.8, 4) is 0 Å². The molecule has 1 aromatic carbocycles. The Labute approximate surface area is 125 Å². The van der Waals surface area contributed by atoms with Gasteiger partial charge in [0.2, 0.25) is 0 Å². The van der Waals surface area contributed by atoms with Crippen molar-refractivity contribution in [2.45, 2.75) is 26.2 Å². The van der Waals surface area contributed by atoms with Crippen molar-refractivity contribution in [2.24, 2.45) is 5.92 Å². The maximum Gasteiger partial charge on any atom is 0.304 e. The van der Waals surface area contributed by atoms with E-state index in [0.717, 1.165) is 12.8 Å². The normalized spacial score (nSPS) is 24.0. The fraction of sp³-hybridized carbons (Fsp3) is 0.533. The Morgan fingerprint density at radius 3 is 2.71 bits per heavy atom. The van der Waals surface area contributed by atoms with Gasteiger partial charge >= 0.3 is 10.2 Å². The molecule has 2 heterocycles. The van der Waals surface area contributed by atoms with Crippen LogP contribution in [0, 0.1) is 5.92 Å². The number of ketones is 1. The molecule has 1 fully saturated rings. The third kappa shape index (κ3) is 2.58. The molecule has 2 aliphatic heterocycles. The minimum atomic E-state index is -3.54. The van der Waals surface area contributed by atoms with Gasteiger partial charge in [0.25, 0.3) is 0 Å². The van der Waals surface area contributed by atoms with Crippen LogP contribution in [-0.2, 0) is 10.2 Å². The summed E-state index contributed by atoms with van der Waals surface area (Å²) in [4.78, 5) is 12.0. The molecule has 0 aromatic heterocycles. The quantitative estimate of drug-likeness (QED) is 0.840. The highest BCUT2D eigenvalue weighted by Crippen LogP contribution is 2.31. The van der Waals surface area contributed by atoms with Crippen molar-refractivity contribution >= 4 is 21.7 Å². The summed E-state index contributed by atoms with van der Waals surface area (Å²) >= 11 is 0. The van der Waals surface area contributed by atoms with Crippen LogP contribution in [0.25, 0.3) is 0 Å². The molecule has 3 rings (SSSR count). The summed E-state index contributed by atoms with van der Waals surface area (Å²) in [6.45, 7) is 3.45. The molecule has 0 spiro atoms. The van der Waals surface area contributed by atoms with Crippen LogP contribution in [-0.4, -0.2) is 38.1 Å². The molecule has 1 saturated heterocycles. The van der Waals surface area contributed by atoms with Gasteiger partial charge in [-0.2, -0.15) is 12.7 Å². The number of fused-ring (bicyclic) bond motifs is 1. The van der Waals surface area contributed by atoms with E-state index >= 15 is 0 Å². The first-order valence-electron chi connectivity index (χ1n) is 7.40. The van der Waals surface area contributed by atoms with Crippen LogP contribution >= 0.6 is 0 Å². The Bertz CT molecular complexity index is 657. The summed E-state index contributed by atoms with van der Waals surface area (Å²) in [6.07, 6.45) is 2.22. The molecule has 5 nitrogen and oxygen atoms in total. The zero-order chi connectivity index (χ0) is 15.0. The number of hydrogen-bond donors (Lipinski definition) is 0. The van der Waals surface area contributed by atoms with Gasteiger partial charge in [0.15, 0.2) is 5.78 Å². The molecule has 21 heavy (non-hydrogen) atoms. The number of Topliss-reactive ketones (excluding diaryl/α,β-unsaturated/α-hetero) is 1. The van der Waals surface area contributed by atoms with Gasteiger partial charge < -0.3 is 0 Å². The van der Waals surface area contributed by atoms with Gasteiger partial charge in [0.1, 0.15) is 0 Å². The topological polar surface area (TPSA) is 57.7 Å². The average Bonchev–Trinajstić information content (AvgIpc) is 2.47. The van der Waals surface area contributed by atoms with Crippen molar-refractivity contribution in [2.75, 3.05) is 23.9 Å². The fourth-order valence-electron chi connectivity index (χ4n) is 3.12. The molecule has 0 N–H and O–H groups in total. The van der Waals surface area contributed by atoms with E-state index in [2.05, 4.69) is 6.92 Å². The fourth-order valence-corrected chi connectivity index (χ4v) is 4.93. The van der Waals surface area contributed by atoms with Crippen LogP contribution in [0.3, 0.4) is 0 Å².